The molecule has 6 nitrogen and oxygen atoms in total. The van der Waals surface area contributed by atoms with Crippen molar-refractivity contribution >= 4 is 22.7 Å². The number of hydrogen-bond donors (Lipinski definition) is 0. The topological polar surface area (TPSA) is 126 Å². The summed E-state index contributed by atoms with van der Waals surface area (Å²) in [5.41, 5.74) is 0. The molecule has 0 heterocycles. The Hall–Kier alpha value is 3.41. The predicted molar refractivity (Wildman–Crippen MR) is 19.4 cm³/mol. The van der Waals surface area contributed by atoms with E-state index in [1.165, 1.54) is 0 Å². The van der Waals surface area contributed by atoms with Crippen LogP contribution in [0.4, 0.5) is 0 Å². The molecule has 0 aromatic carbocycles. The van der Waals surface area contributed by atoms with Gasteiger partial charge in [0, 0.05) is 0 Å². The van der Waals surface area contributed by atoms with Crippen LogP contribution in [0.15, 0.2) is 0 Å². The molecule has 0 rings (SSSR count). The summed E-state index contributed by atoms with van der Waals surface area (Å²) >= 11 is -6.22. The van der Waals surface area contributed by atoms with E-state index in [-0.39, 0.29) is 103 Å². The molecule has 0 spiro atoms. The van der Waals surface area contributed by atoms with Gasteiger partial charge in [-0.05, 0) is 0 Å². The normalized spacial score (nSPS) is 7.00. The molecular weight excluding hydrogens is 238 g/mol. The molecule has 0 aromatic rings. The van der Waals surface area contributed by atoms with Gasteiger partial charge in [-0.2, -0.15) is 0 Å². The molecule has 0 N–H and O–H groups in total. The second-order valence-corrected chi connectivity index (χ2v) is 1.22. The third kappa shape index (κ3) is 106. The molecule has 0 amide bonds. The summed E-state index contributed by atoms with van der Waals surface area (Å²) < 4.78 is 50.7. The molecule has 0 radical (unpaired) electrons. The van der Waals surface area contributed by atoms with Gasteiger partial charge < -0.3 is 18.2 Å². The largest absolute Gasteiger partial charge is 1.00 e. The molecule has 10 heteroatoms. The fourth-order valence-electron chi connectivity index (χ4n) is 0. The zero-order valence-corrected chi connectivity index (χ0v) is 13.1. The maximum Gasteiger partial charge on any atom is 1.00 e. The van der Waals surface area contributed by atoms with E-state index < -0.39 is 22.7 Å². The van der Waals surface area contributed by atoms with Gasteiger partial charge in [-0.1, -0.05) is 0 Å². The van der Waals surface area contributed by atoms with Crippen LogP contribution in [-0.2, 0) is 22.7 Å². The summed E-state index contributed by atoms with van der Waals surface area (Å²) in [4.78, 5) is 0. The SMILES string of the molecule is O=S([O-])[O-].O=S([O-])[O-].[K+].[K+]. The van der Waals surface area contributed by atoms with E-state index in [0.29, 0.717) is 0 Å². The van der Waals surface area contributed by atoms with E-state index in [9.17, 15) is 0 Å². The number of rotatable bonds is 0. The first-order valence-corrected chi connectivity index (χ1v) is 3.00. The summed E-state index contributed by atoms with van der Waals surface area (Å²) in [5.74, 6) is 0. The van der Waals surface area contributed by atoms with Gasteiger partial charge in [-0.25, -0.2) is 0 Å². The first-order valence-electron chi connectivity index (χ1n) is 1.00. The molecule has 10 heavy (non-hydrogen) atoms. The predicted octanol–water partition coefficient (Wildman–Crippen LogP) is -8.00. The zero-order chi connectivity index (χ0) is 7.15. The van der Waals surface area contributed by atoms with Gasteiger partial charge in [-0.3, -0.25) is 8.42 Å². The van der Waals surface area contributed by atoms with Crippen LogP contribution in [-0.4, -0.2) is 26.6 Å². The molecule has 0 bridgehead atoms. The van der Waals surface area contributed by atoms with Crippen molar-refractivity contribution in [1.82, 2.24) is 0 Å². The first kappa shape index (κ1) is 23.3. The Labute approximate surface area is 148 Å². The Bertz CT molecular complexity index is 71.7. The van der Waals surface area contributed by atoms with Crippen molar-refractivity contribution in [3.05, 3.63) is 0 Å². The zero-order valence-electron chi connectivity index (χ0n) is 5.27. The van der Waals surface area contributed by atoms with E-state index in [4.69, 9.17) is 26.6 Å². The van der Waals surface area contributed by atoms with Crippen LogP contribution in [0.1, 0.15) is 0 Å². The van der Waals surface area contributed by atoms with Crippen LogP contribution in [0.3, 0.4) is 0 Å². The van der Waals surface area contributed by atoms with Crippen molar-refractivity contribution in [3.63, 3.8) is 0 Å². The van der Waals surface area contributed by atoms with Crippen molar-refractivity contribution in [2.24, 2.45) is 0 Å². The van der Waals surface area contributed by atoms with Crippen LogP contribution < -0.4 is 103 Å². The van der Waals surface area contributed by atoms with Gasteiger partial charge in [-0.15, -0.1) is 22.7 Å². The molecule has 52 valence electrons. The molecule has 0 saturated carbocycles. The third-order valence-electron chi connectivity index (χ3n) is 0. The maximum atomic E-state index is 8.44. The standard InChI is InChI=1S/2K.2H2O3S/c;;2*1-4(2)3/h;;2*(H2,1,2,3)/q2*+1;;/p-4. The van der Waals surface area contributed by atoms with Gasteiger partial charge in [0.2, 0.25) is 0 Å². The van der Waals surface area contributed by atoms with Crippen molar-refractivity contribution in [2.45, 2.75) is 0 Å². The minimum absolute atomic E-state index is 0. The summed E-state index contributed by atoms with van der Waals surface area (Å²) in [5, 5.41) is 0. The number of hydrogen-bond acceptors (Lipinski definition) is 6. The Morgan fingerprint density at radius 1 is 0.700 bits per heavy atom. The maximum absolute atomic E-state index is 8.44. The smallest absolute Gasteiger partial charge is 0.784 e. The van der Waals surface area contributed by atoms with E-state index >= 15 is 0 Å². The average molecular weight is 238 g/mol. The fourth-order valence-corrected chi connectivity index (χ4v) is 0. The quantitative estimate of drug-likeness (QED) is 0.305. The summed E-state index contributed by atoms with van der Waals surface area (Å²) in [6.07, 6.45) is 0. The van der Waals surface area contributed by atoms with Crippen LogP contribution in [0.2, 0.25) is 0 Å². The van der Waals surface area contributed by atoms with Gasteiger partial charge in [0.05, 0.1) is 0 Å². The van der Waals surface area contributed by atoms with E-state index in [1.807, 2.05) is 0 Å². The van der Waals surface area contributed by atoms with Crippen LogP contribution in [0.25, 0.3) is 0 Å². The van der Waals surface area contributed by atoms with Crippen LogP contribution >= 0.6 is 0 Å². The van der Waals surface area contributed by atoms with E-state index in [2.05, 4.69) is 0 Å². The van der Waals surface area contributed by atoms with Gasteiger partial charge in [0.1, 0.15) is 0 Å². The molecule has 0 aliphatic carbocycles. The van der Waals surface area contributed by atoms with E-state index in [0.717, 1.165) is 0 Å². The summed E-state index contributed by atoms with van der Waals surface area (Å²) in [7, 11) is 0. The minimum atomic E-state index is -3.11. The first-order chi connectivity index (χ1) is 3.46. The molecule has 0 saturated heterocycles. The summed E-state index contributed by atoms with van der Waals surface area (Å²) in [6, 6.07) is 0. The van der Waals surface area contributed by atoms with Gasteiger partial charge >= 0.3 is 103 Å². The average Bonchev–Trinajstić information content (AvgIpc) is 1.25. The Kier molecular flexibility index (Phi) is 42.6. The van der Waals surface area contributed by atoms with Crippen LogP contribution in [0.5, 0.6) is 0 Å². The Morgan fingerprint density at radius 2 is 0.700 bits per heavy atom. The molecule has 0 aliphatic rings. The third-order valence-corrected chi connectivity index (χ3v) is 0. The monoisotopic (exact) mass is 238 g/mol. The molecule has 0 unspecified atom stereocenters. The Balaban J connectivity index is -0.0000000300. The molecular formula is K2O6S2-2. The van der Waals surface area contributed by atoms with Crippen molar-refractivity contribution in [1.29, 1.82) is 0 Å². The second kappa shape index (κ2) is 18.2. The second-order valence-electron chi connectivity index (χ2n) is 0.408. The molecule has 0 fully saturated rings. The molecule has 0 atom stereocenters. The minimum Gasteiger partial charge on any atom is -0.784 e. The molecule has 0 aliphatic heterocycles. The molecule has 0 aromatic heterocycles. The van der Waals surface area contributed by atoms with Gasteiger partial charge in [0.25, 0.3) is 0 Å². The van der Waals surface area contributed by atoms with Crippen molar-refractivity contribution < 1.29 is 129 Å². The fraction of sp³-hybridized carbons (Fsp3) is 0. The van der Waals surface area contributed by atoms with Crippen LogP contribution in [0, 0.1) is 0 Å². The van der Waals surface area contributed by atoms with Gasteiger partial charge in [0.15, 0.2) is 0 Å². The Morgan fingerprint density at radius 3 is 0.700 bits per heavy atom. The summed E-state index contributed by atoms with van der Waals surface area (Å²) in [6.45, 7) is 0. The van der Waals surface area contributed by atoms with Crippen molar-refractivity contribution in [3.8, 4) is 0 Å². The van der Waals surface area contributed by atoms with E-state index in [1.54, 1.807) is 0 Å². The van der Waals surface area contributed by atoms with Crippen molar-refractivity contribution in [2.75, 3.05) is 0 Å².